The van der Waals surface area contributed by atoms with Crippen LogP contribution in [0.4, 0.5) is 0 Å². The molecule has 0 saturated carbocycles. The second-order valence-corrected chi connectivity index (χ2v) is 19.4. The third-order valence-corrected chi connectivity index (χ3v) is 15.1. The van der Waals surface area contributed by atoms with Crippen molar-refractivity contribution in [2.45, 2.75) is 13.3 Å². The number of allylic oxidation sites excluding steroid dienone is 1. The van der Waals surface area contributed by atoms with Crippen molar-refractivity contribution in [3.8, 4) is 11.4 Å². The first-order valence-corrected chi connectivity index (χ1v) is 24.9. The molecule has 1 aliphatic rings. The molecule has 72 heavy (non-hydrogen) atoms. The summed E-state index contributed by atoms with van der Waals surface area (Å²) >= 11 is 0. The van der Waals surface area contributed by atoms with E-state index in [1.807, 2.05) is 6.07 Å². The van der Waals surface area contributed by atoms with E-state index in [4.69, 9.17) is 14.4 Å². The van der Waals surface area contributed by atoms with Crippen molar-refractivity contribution < 1.29 is 4.42 Å². The number of benzene rings is 11. The zero-order chi connectivity index (χ0) is 47.4. The summed E-state index contributed by atoms with van der Waals surface area (Å²) in [6.07, 6.45) is 3.05. The normalized spacial score (nSPS) is 16.7. The fourth-order valence-electron chi connectivity index (χ4n) is 11.6. The average Bonchev–Trinajstić information content (AvgIpc) is 4.07. The number of furan rings is 1. The molecule has 0 bridgehead atoms. The maximum Gasteiger partial charge on any atom is 0.160 e. The van der Waals surface area contributed by atoms with Crippen LogP contribution in [0.2, 0.25) is 0 Å². The zero-order valence-electron chi connectivity index (χ0n) is 39.4. The van der Waals surface area contributed by atoms with Crippen molar-refractivity contribution in [1.82, 2.24) is 9.13 Å². The minimum absolute atomic E-state index is 0.0189. The van der Waals surface area contributed by atoms with Gasteiger partial charge in [-0.1, -0.05) is 165 Å². The molecular weight excluding hydrogens is 877 g/mol. The topological polar surface area (TPSA) is 47.7 Å². The van der Waals surface area contributed by atoms with Gasteiger partial charge in [0.15, 0.2) is 5.84 Å². The predicted octanol–water partition coefficient (Wildman–Crippen LogP) is 17.6. The molecule has 1 unspecified atom stereocenters. The number of para-hydroxylation sites is 3. The molecule has 3 aromatic heterocycles. The lowest BCUT2D eigenvalue weighted by atomic mass is 9.91. The lowest BCUT2D eigenvalue weighted by molar-refractivity contribution is 0.668. The zero-order valence-corrected chi connectivity index (χ0v) is 39.4. The Morgan fingerprint density at radius 1 is 0.403 bits per heavy atom. The molecule has 11 aromatic carbocycles. The Bertz CT molecular complexity index is 4580. The fraction of sp³-hybridized carbons (Fsp3) is 0.0448. The Morgan fingerprint density at radius 2 is 0.986 bits per heavy atom. The molecule has 14 aromatic rings. The molecule has 1 aliphatic heterocycles. The molecular formula is C67H44N4O. The highest BCUT2D eigenvalue weighted by atomic mass is 16.3. The third kappa shape index (κ3) is 6.34. The lowest BCUT2D eigenvalue weighted by Crippen LogP contribution is -2.19. The van der Waals surface area contributed by atoms with Crippen LogP contribution in [0.1, 0.15) is 30.0 Å². The summed E-state index contributed by atoms with van der Waals surface area (Å²) in [5.74, 6) is 0.639. The number of nitrogens with zero attached hydrogens (tertiary/aromatic N) is 4. The average molecular weight is 921 g/mol. The quantitative estimate of drug-likeness (QED) is 0.170. The summed E-state index contributed by atoms with van der Waals surface area (Å²) in [6.45, 7) is 2.32. The Hall–Kier alpha value is -9.32. The first-order valence-electron chi connectivity index (χ1n) is 24.9. The molecule has 0 fully saturated rings. The van der Waals surface area contributed by atoms with E-state index in [9.17, 15) is 0 Å². The van der Waals surface area contributed by atoms with Gasteiger partial charge in [-0.2, -0.15) is 0 Å². The van der Waals surface area contributed by atoms with Gasteiger partial charge in [0.2, 0.25) is 0 Å². The van der Waals surface area contributed by atoms with E-state index < -0.39 is 0 Å². The number of hydrogen-bond acceptors (Lipinski definition) is 3. The van der Waals surface area contributed by atoms with Crippen molar-refractivity contribution >= 4 is 115 Å². The molecule has 0 amide bonds. The third-order valence-electron chi connectivity index (χ3n) is 15.1. The largest absolute Gasteiger partial charge is 0.456 e. The van der Waals surface area contributed by atoms with Crippen LogP contribution in [-0.2, 0) is 0 Å². The lowest BCUT2D eigenvalue weighted by Gasteiger charge is -2.22. The molecule has 1 atom stereocenters. The number of aliphatic imine (C=N–C) groups is 2. The number of amidine groups is 1. The first kappa shape index (κ1) is 40.6. The van der Waals surface area contributed by atoms with Crippen molar-refractivity contribution in [3.05, 3.63) is 247 Å². The van der Waals surface area contributed by atoms with E-state index in [0.717, 1.165) is 89.9 Å². The summed E-state index contributed by atoms with van der Waals surface area (Å²) in [4.78, 5) is 11.6. The van der Waals surface area contributed by atoms with E-state index in [0.29, 0.717) is 5.84 Å². The molecule has 5 heteroatoms. The maximum atomic E-state index is 6.78. The van der Waals surface area contributed by atoms with Crippen molar-refractivity contribution in [3.63, 3.8) is 0 Å². The summed E-state index contributed by atoms with van der Waals surface area (Å²) in [5.41, 5.74) is 13.2. The molecule has 0 aliphatic carbocycles. The van der Waals surface area contributed by atoms with E-state index in [2.05, 4.69) is 241 Å². The van der Waals surface area contributed by atoms with Crippen molar-refractivity contribution in [1.29, 1.82) is 0 Å². The van der Waals surface area contributed by atoms with Crippen LogP contribution in [0.3, 0.4) is 0 Å². The summed E-state index contributed by atoms with van der Waals surface area (Å²) < 4.78 is 11.6. The van der Waals surface area contributed by atoms with Gasteiger partial charge in [0.1, 0.15) is 11.2 Å². The van der Waals surface area contributed by atoms with E-state index >= 15 is 0 Å². The SMILES string of the molecule is CC1C/C=C(c2ccc3ccccc3c2)/N=C(c2ccc3c4ccccc4n(-c4ccccc4)c3c2)\N=C/1c1cc2c(cc1-n1c3cc4ccccc4cc3c3cc4ccccc4cc31)oc1ccccc12. The highest BCUT2D eigenvalue weighted by molar-refractivity contribution is 6.22. The maximum absolute atomic E-state index is 6.78. The van der Waals surface area contributed by atoms with Gasteiger partial charge in [-0.15, -0.1) is 0 Å². The van der Waals surface area contributed by atoms with Gasteiger partial charge < -0.3 is 13.6 Å². The first-order chi connectivity index (χ1) is 35.6. The van der Waals surface area contributed by atoms with Gasteiger partial charge in [-0.05, 0) is 105 Å². The number of rotatable bonds is 5. The minimum Gasteiger partial charge on any atom is -0.456 e. The molecule has 4 heterocycles. The van der Waals surface area contributed by atoms with Crippen molar-refractivity contribution in [2.24, 2.45) is 15.9 Å². The highest BCUT2D eigenvalue weighted by Gasteiger charge is 2.26. The minimum atomic E-state index is -0.0189. The van der Waals surface area contributed by atoms with Crippen LogP contribution >= 0.6 is 0 Å². The standard InChI is InChI=1S/C67H44N4O/c1-41-27-32-58(48-29-28-42-15-5-6-16-43(42)33-48)68-67(49-30-31-52-51-23-11-13-25-59(51)70(60(52)38-49)50-21-3-2-4-22-50)69-66(41)57-39-56-53-24-12-14-26-64(53)72-65(56)40-63(57)71-61-36-46-19-9-7-17-44(46)34-54(61)55-35-45-18-8-10-20-47(45)37-62(55)71/h2-26,28-41H,27H2,1H3/b58-32+,68-67-,69-66+. The van der Waals surface area contributed by atoms with Gasteiger partial charge in [-0.3, -0.25) is 0 Å². The smallest absolute Gasteiger partial charge is 0.160 e. The van der Waals surface area contributed by atoms with E-state index in [1.165, 1.54) is 53.9 Å². The van der Waals surface area contributed by atoms with Gasteiger partial charge in [0.25, 0.3) is 0 Å². The fourth-order valence-corrected chi connectivity index (χ4v) is 11.6. The number of fused-ring (bicyclic) bond motifs is 12. The molecule has 0 saturated heterocycles. The Morgan fingerprint density at radius 3 is 1.72 bits per heavy atom. The molecule has 0 N–H and O–H groups in total. The molecule has 338 valence electrons. The van der Waals surface area contributed by atoms with Gasteiger partial charge in [-0.25, -0.2) is 9.98 Å². The monoisotopic (exact) mass is 920 g/mol. The van der Waals surface area contributed by atoms with E-state index in [-0.39, 0.29) is 5.92 Å². The number of aromatic nitrogens is 2. The van der Waals surface area contributed by atoms with Gasteiger partial charge >= 0.3 is 0 Å². The van der Waals surface area contributed by atoms with Gasteiger partial charge in [0.05, 0.1) is 39.2 Å². The Kier molecular flexibility index (Phi) is 8.93. The van der Waals surface area contributed by atoms with Gasteiger partial charge in [0, 0.05) is 66.7 Å². The second-order valence-electron chi connectivity index (χ2n) is 19.4. The number of hydrogen-bond donors (Lipinski definition) is 0. The summed E-state index contributed by atoms with van der Waals surface area (Å²) in [7, 11) is 0. The van der Waals surface area contributed by atoms with Crippen LogP contribution in [0.25, 0.3) is 115 Å². The Balaban J connectivity index is 1.04. The van der Waals surface area contributed by atoms with Crippen LogP contribution in [0.5, 0.6) is 0 Å². The second kappa shape index (κ2) is 15.9. The molecule has 5 nitrogen and oxygen atoms in total. The van der Waals surface area contributed by atoms with E-state index in [1.54, 1.807) is 0 Å². The van der Waals surface area contributed by atoms with Crippen LogP contribution in [0, 0.1) is 5.92 Å². The molecule has 0 radical (unpaired) electrons. The van der Waals surface area contributed by atoms with Crippen LogP contribution < -0.4 is 0 Å². The predicted molar refractivity (Wildman–Crippen MR) is 303 cm³/mol. The molecule has 15 rings (SSSR count). The Labute approximate surface area is 414 Å². The van der Waals surface area contributed by atoms with Crippen molar-refractivity contribution in [2.75, 3.05) is 0 Å². The van der Waals surface area contributed by atoms with Crippen LogP contribution in [0.15, 0.2) is 245 Å². The highest BCUT2D eigenvalue weighted by Crippen LogP contribution is 2.42. The van der Waals surface area contributed by atoms with Crippen LogP contribution in [-0.4, -0.2) is 20.7 Å². The summed E-state index contributed by atoms with van der Waals surface area (Å²) in [6, 6.07) is 81.1. The summed E-state index contributed by atoms with van der Waals surface area (Å²) in [5, 5.41) is 14.1. The molecule has 0 spiro atoms.